The number of hydrogen-bond acceptors (Lipinski definition) is 1. The molecule has 1 nitrogen and oxygen atoms in total. The Morgan fingerprint density at radius 1 is 1.50 bits per heavy atom. The highest BCUT2D eigenvalue weighted by molar-refractivity contribution is 9.10. The van der Waals surface area contributed by atoms with Crippen molar-refractivity contribution in [2.24, 2.45) is 0 Å². The van der Waals surface area contributed by atoms with Gasteiger partial charge in [-0.1, -0.05) is 28.1 Å². The monoisotopic (exact) mass is 254 g/mol. The highest BCUT2D eigenvalue weighted by atomic mass is 79.9. The van der Waals surface area contributed by atoms with Crippen molar-refractivity contribution in [3.05, 3.63) is 33.8 Å². The Balaban J connectivity index is 2.36. The first-order chi connectivity index (χ1) is 6.83. The summed E-state index contributed by atoms with van der Waals surface area (Å²) in [7, 11) is 1.78. The van der Waals surface area contributed by atoms with Crippen LogP contribution >= 0.6 is 15.9 Å². The number of methoxy groups -OCH3 is 1. The standard InChI is InChI=1S/C12H15BrO/c1-14-8-10-6-2-4-9-5-3-7-11(13)12(9)10/h3,5,7,10H,2,4,6,8H2,1H3. The first-order valence-corrected chi connectivity index (χ1v) is 5.88. The van der Waals surface area contributed by atoms with E-state index in [1.165, 1.54) is 34.9 Å². The van der Waals surface area contributed by atoms with Crippen LogP contribution in [0.5, 0.6) is 0 Å². The molecule has 1 aliphatic rings. The van der Waals surface area contributed by atoms with Crippen molar-refractivity contribution in [3.63, 3.8) is 0 Å². The molecule has 0 spiro atoms. The van der Waals surface area contributed by atoms with E-state index in [4.69, 9.17) is 4.74 Å². The normalized spacial score (nSPS) is 20.6. The van der Waals surface area contributed by atoms with Crippen LogP contribution in [0.3, 0.4) is 0 Å². The first-order valence-electron chi connectivity index (χ1n) is 5.09. The molecule has 1 aliphatic carbocycles. The lowest BCUT2D eigenvalue weighted by Crippen LogP contribution is -2.14. The Labute approximate surface area is 93.6 Å². The SMILES string of the molecule is COCC1CCCc2cccc(Br)c21. The van der Waals surface area contributed by atoms with Crippen LogP contribution in [0.25, 0.3) is 0 Å². The lowest BCUT2D eigenvalue weighted by molar-refractivity contribution is 0.172. The molecule has 1 aromatic carbocycles. The fourth-order valence-electron chi connectivity index (χ4n) is 2.31. The summed E-state index contributed by atoms with van der Waals surface area (Å²) in [5.41, 5.74) is 2.97. The number of hydrogen-bond donors (Lipinski definition) is 0. The minimum absolute atomic E-state index is 0.583. The van der Waals surface area contributed by atoms with Crippen LogP contribution in [-0.2, 0) is 11.2 Å². The number of fused-ring (bicyclic) bond motifs is 1. The zero-order valence-electron chi connectivity index (χ0n) is 8.42. The van der Waals surface area contributed by atoms with Gasteiger partial charge in [-0.3, -0.25) is 0 Å². The van der Waals surface area contributed by atoms with E-state index in [0.717, 1.165) is 6.61 Å². The van der Waals surface area contributed by atoms with Gasteiger partial charge in [0.05, 0.1) is 6.61 Å². The van der Waals surface area contributed by atoms with E-state index < -0.39 is 0 Å². The van der Waals surface area contributed by atoms with E-state index in [1.807, 2.05) is 0 Å². The molecular formula is C12H15BrO. The van der Waals surface area contributed by atoms with Crippen molar-refractivity contribution in [1.29, 1.82) is 0 Å². The topological polar surface area (TPSA) is 9.23 Å². The van der Waals surface area contributed by atoms with Gasteiger partial charge < -0.3 is 4.74 Å². The van der Waals surface area contributed by atoms with Crippen LogP contribution in [-0.4, -0.2) is 13.7 Å². The number of halogens is 1. The molecule has 76 valence electrons. The van der Waals surface area contributed by atoms with E-state index in [0.29, 0.717) is 5.92 Å². The van der Waals surface area contributed by atoms with Gasteiger partial charge in [-0.15, -0.1) is 0 Å². The maximum Gasteiger partial charge on any atom is 0.0531 e. The third-order valence-electron chi connectivity index (χ3n) is 2.92. The van der Waals surface area contributed by atoms with Gasteiger partial charge >= 0.3 is 0 Å². The van der Waals surface area contributed by atoms with Crippen molar-refractivity contribution in [2.45, 2.75) is 25.2 Å². The quantitative estimate of drug-likeness (QED) is 0.785. The summed E-state index contributed by atoms with van der Waals surface area (Å²) in [4.78, 5) is 0. The van der Waals surface area contributed by atoms with Crippen LogP contribution in [0.4, 0.5) is 0 Å². The Kier molecular flexibility index (Phi) is 3.24. The van der Waals surface area contributed by atoms with Gasteiger partial charge in [0.25, 0.3) is 0 Å². The van der Waals surface area contributed by atoms with Crippen LogP contribution in [0.1, 0.15) is 29.9 Å². The minimum atomic E-state index is 0.583. The lowest BCUT2D eigenvalue weighted by Gasteiger charge is -2.26. The smallest absolute Gasteiger partial charge is 0.0531 e. The average Bonchev–Trinajstić information content (AvgIpc) is 2.19. The van der Waals surface area contributed by atoms with Gasteiger partial charge in [0.15, 0.2) is 0 Å². The van der Waals surface area contributed by atoms with Crippen molar-refractivity contribution in [2.75, 3.05) is 13.7 Å². The third kappa shape index (κ3) is 1.86. The molecule has 14 heavy (non-hydrogen) atoms. The molecule has 1 aromatic rings. The summed E-state index contributed by atoms with van der Waals surface area (Å²) in [5, 5.41) is 0. The predicted octanol–water partition coefficient (Wildman–Crippen LogP) is 3.52. The van der Waals surface area contributed by atoms with E-state index in [-0.39, 0.29) is 0 Å². The van der Waals surface area contributed by atoms with Crippen LogP contribution in [0.2, 0.25) is 0 Å². The van der Waals surface area contributed by atoms with Gasteiger partial charge in [-0.05, 0) is 36.5 Å². The third-order valence-corrected chi connectivity index (χ3v) is 3.61. The molecule has 0 fully saturated rings. The maximum atomic E-state index is 5.27. The minimum Gasteiger partial charge on any atom is -0.384 e. The zero-order chi connectivity index (χ0) is 9.97. The van der Waals surface area contributed by atoms with Gasteiger partial charge in [-0.2, -0.15) is 0 Å². The van der Waals surface area contributed by atoms with E-state index in [9.17, 15) is 0 Å². The molecule has 0 bridgehead atoms. The highest BCUT2D eigenvalue weighted by Gasteiger charge is 2.21. The molecule has 0 saturated carbocycles. The van der Waals surface area contributed by atoms with Crippen molar-refractivity contribution < 1.29 is 4.74 Å². The Hall–Kier alpha value is -0.340. The second-order valence-corrected chi connectivity index (χ2v) is 4.71. The summed E-state index contributed by atoms with van der Waals surface area (Å²) in [6, 6.07) is 6.49. The average molecular weight is 255 g/mol. The second kappa shape index (κ2) is 4.45. The highest BCUT2D eigenvalue weighted by Crippen LogP contribution is 2.36. The molecule has 1 atom stereocenters. The molecule has 0 radical (unpaired) electrons. The molecule has 2 heteroatoms. The van der Waals surface area contributed by atoms with E-state index in [2.05, 4.69) is 34.1 Å². The largest absolute Gasteiger partial charge is 0.384 e. The zero-order valence-corrected chi connectivity index (χ0v) is 10.0. The second-order valence-electron chi connectivity index (χ2n) is 3.86. The van der Waals surface area contributed by atoms with Crippen LogP contribution < -0.4 is 0 Å². The number of rotatable bonds is 2. The summed E-state index contributed by atoms with van der Waals surface area (Å²) in [6.45, 7) is 0.843. The number of aryl methyl sites for hydroxylation is 1. The van der Waals surface area contributed by atoms with Crippen LogP contribution in [0, 0.1) is 0 Å². The number of benzene rings is 1. The molecule has 0 heterocycles. The lowest BCUT2D eigenvalue weighted by atomic mass is 9.83. The molecule has 1 unspecified atom stereocenters. The summed E-state index contributed by atoms with van der Waals surface area (Å²) < 4.78 is 6.52. The Morgan fingerprint density at radius 2 is 2.36 bits per heavy atom. The summed E-state index contributed by atoms with van der Waals surface area (Å²) in [5.74, 6) is 0.583. The molecule has 0 amide bonds. The molecule has 0 aliphatic heterocycles. The van der Waals surface area contributed by atoms with E-state index >= 15 is 0 Å². The molecule has 0 saturated heterocycles. The summed E-state index contributed by atoms with van der Waals surface area (Å²) in [6.07, 6.45) is 3.76. The van der Waals surface area contributed by atoms with Crippen molar-refractivity contribution in [1.82, 2.24) is 0 Å². The van der Waals surface area contributed by atoms with Gasteiger partial charge in [0.1, 0.15) is 0 Å². The molecule has 2 rings (SSSR count). The molecule has 0 aromatic heterocycles. The fraction of sp³-hybridized carbons (Fsp3) is 0.500. The Bertz CT molecular complexity index is 322. The molecule has 0 N–H and O–H groups in total. The van der Waals surface area contributed by atoms with Crippen molar-refractivity contribution >= 4 is 15.9 Å². The van der Waals surface area contributed by atoms with Gasteiger partial charge in [0.2, 0.25) is 0 Å². The van der Waals surface area contributed by atoms with E-state index in [1.54, 1.807) is 7.11 Å². The number of ether oxygens (including phenoxy) is 1. The van der Waals surface area contributed by atoms with Gasteiger partial charge in [0, 0.05) is 17.5 Å². The maximum absolute atomic E-state index is 5.27. The Morgan fingerprint density at radius 3 is 3.14 bits per heavy atom. The first kappa shape index (κ1) is 10.2. The predicted molar refractivity (Wildman–Crippen MR) is 61.7 cm³/mol. The van der Waals surface area contributed by atoms with Crippen molar-refractivity contribution in [3.8, 4) is 0 Å². The summed E-state index contributed by atoms with van der Waals surface area (Å²) >= 11 is 3.64. The van der Waals surface area contributed by atoms with Crippen LogP contribution in [0.15, 0.2) is 22.7 Å². The molecular weight excluding hydrogens is 240 g/mol. The van der Waals surface area contributed by atoms with Gasteiger partial charge in [-0.25, -0.2) is 0 Å². The fourth-order valence-corrected chi connectivity index (χ4v) is 3.04.